The Balaban J connectivity index is 1.30. The summed E-state index contributed by atoms with van der Waals surface area (Å²) in [5.41, 5.74) is 3.97. The van der Waals surface area contributed by atoms with Crippen molar-refractivity contribution in [2.75, 3.05) is 6.54 Å². The van der Waals surface area contributed by atoms with E-state index in [1.807, 2.05) is 16.8 Å². The maximum absolute atomic E-state index is 13.4. The zero-order chi connectivity index (χ0) is 19.8. The average Bonchev–Trinajstić information content (AvgIpc) is 3.44. The van der Waals surface area contributed by atoms with E-state index in [2.05, 4.69) is 34.0 Å². The molecule has 0 unspecified atom stereocenters. The number of benzene rings is 2. The normalized spacial score (nSPS) is 17.4. The van der Waals surface area contributed by atoms with E-state index in [0.29, 0.717) is 18.5 Å². The molecule has 0 aliphatic carbocycles. The van der Waals surface area contributed by atoms with Gasteiger partial charge >= 0.3 is 0 Å². The van der Waals surface area contributed by atoms with Crippen LogP contribution in [-0.4, -0.2) is 32.3 Å². The maximum Gasteiger partial charge on any atom is 0.226 e. The minimum absolute atomic E-state index is 0.245. The number of halogens is 1. The molecule has 2 aromatic heterocycles. The molecule has 5 rings (SSSR count). The molecular weight excluding hydrogens is 367 g/mol. The fourth-order valence-corrected chi connectivity index (χ4v) is 4.06. The zero-order valence-electron chi connectivity index (χ0n) is 16.4. The van der Waals surface area contributed by atoms with Crippen LogP contribution in [0, 0.1) is 5.82 Å². The summed E-state index contributed by atoms with van der Waals surface area (Å²) >= 11 is 0. The van der Waals surface area contributed by atoms with Gasteiger partial charge in [-0.05, 0) is 62.2 Å². The number of hydrogen-bond donors (Lipinski definition) is 0. The highest BCUT2D eigenvalue weighted by Gasteiger charge is 2.21. The molecule has 0 bridgehead atoms. The van der Waals surface area contributed by atoms with Gasteiger partial charge in [-0.2, -0.15) is 5.10 Å². The third-order valence-electron chi connectivity index (χ3n) is 5.74. The van der Waals surface area contributed by atoms with Crippen molar-refractivity contribution in [1.29, 1.82) is 0 Å². The molecule has 29 heavy (non-hydrogen) atoms. The SMILES string of the molecule is C[C@@H]1CCCN1Cc1coc(-c2ccc(Cn3ncc4cc(F)ccc43)cc2)n1. The Kier molecular flexibility index (Phi) is 4.64. The van der Waals surface area contributed by atoms with Crippen molar-refractivity contribution in [3.8, 4) is 11.5 Å². The topological polar surface area (TPSA) is 47.1 Å². The number of aromatic nitrogens is 3. The van der Waals surface area contributed by atoms with Gasteiger partial charge in [0.25, 0.3) is 0 Å². The van der Waals surface area contributed by atoms with Crippen LogP contribution in [0.15, 0.2) is 59.3 Å². The third kappa shape index (κ3) is 3.68. The molecule has 1 atom stereocenters. The van der Waals surface area contributed by atoms with Crippen LogP contribution in [0.3, 0.4) is 0 Å². The summed E-state index contributed by atoms with van der Waals surface area (Å²) in [6, 6.07) is 13.5. The standard InChI is InChI=1S/C23H23FN4O/c1-16-3-2-10-27(16)14-21-15-29-23(26-21)18-6-4-17(5-7-18)13-28-22-9-8-20(24)11-19(22)12-25-28/h4-9,11-12,15-16H,2-3,10,13-14H2,1H3/t16-/m1/s1. The van der Waals surface area contributed by atoms with Gasteiger partial charge in [0, 0.05) is 23.5 Å². The summed E-state index contributed by atoms with van der Waals surface area (Å²) in [5.74, 6) is 0.407. The van der Waals surface area contributed by atoms with Crippen LogP contribution in [0.4, 0.5) is 4.39 Å². The molecule has 1 aliphatic heterocycles. The van der Waals surface area contributed by atoms with Gasteiger partial charge in [0.05, 0.1) is 24.0 Å². The van der Waals surface area contributed by atoms with Gasteiger partial charge in [0.1, 0.15) is 12.1 Å². The molecule has 1 aliphatic rings. The Morgan fingerprint density at radius 1 is 1.14 bits per heavy atom. The lowest BCUT2D eigenvalue weighted by Crippen LogP contribution is -2.26. The second-order valence-electron chi connectivity index (χ2n) is 7.81. The molecule has 0 N–H and O–H groups in total. The zero-order valence-corrected chi connectivity index (χ0v) is 16.4. The molecule has 0 radical (unpaired) electrons. The highest BCUT2D eigenvalue weighted by atomic mass is 19.1. The molecule has 1 fully saturated rings. The number of oxazole rings is 1. The predicted molar refractivity (Wildman–Crippen MR) is 110 cm³/mol. The third-order valence-corrected chi connectivity index (χ3v) is 5.74. The van der Waals surface area contributed by atoms with Crippen molar-refractivity contribution < 1.29 is 8.81 Å². The molecule has 3 heterocycles. The second kappa shape index (κ2) is 7.44. The lowest BCUT2D eigenvalue weighted by Gasteiger charge is -2.18. The first-order chi connectivity index (χ1) is 14.2. The minimum Gasteiger partial charge on any atom is -0.444 e. The Morgan fingerprint density at radius 3 is 2.79 bits per heavy atom. The van der Waals surface area contributed by atoms with E-state index in [1.54, 1.807) is 18.5 Å². The smallest absolute Gasteiger partial charge is 0.226 e. The summed E-state index contributed by atoms with van der Waals surface area (Å²) in [7, 11) is 0. The van der Waals surface area contributed by atoms with Gasteiger partial charge in [-0.25, -0.2) is 9.37 Å². The van der Waals surface area contributed by atoms with Crippen LogP contribution < -0.4 is 0 Å². The van der Waals surface area contributed by atoms with E-state index in [4.69, 9.17) is 4.42 Å². The van der Waals surface area contributed by atoms with Gasteiger partial charge in [0.2, 0.25) is 5.89 Å². The van der Waals surface area contributed by atoms with E-state index in [1.165, 1.54) is 25.0 Å². The lowest BCUT2D eigenvalue weighted by atomic mass is 10.1. The summed E-state index contributed by atoms with van der Waals surface area (Å²) in [4.78, 5) is 7.12. The quantitative estimate of drug-likeness (QED) is 0.488. The molecule has 1 saturated heterocycles. The summed E-state index contributed by atoms with van der Waals surface area (Å²) in [5, 5.41) is 5.19. The Hall–Kier alpha value is -2.99. The molecule has 148 valence electrons. The summed E-state index contributed by atoms with van der Waals surface area (Å²) < 4.78 is 21.0. The van der Waals surface area contributed by atoms with Gasteiger partial charge in [-0.3, -0.25) is 9.58 Å². The van der Waals surface area contributed by atoms with E-state index >= 15 is 0 Å². The monoisotopic (exact) mass is 390 g/mol. The van der Waals surface area contributed by atoms with Gasteiger partial charge < -0.3 is 4.42 Å². The number of fused-ring (bicyclic) bond motifs is 1. The lowest BCUT2D eigenvalue weighted by molar-refractivity contribution is 0.257. The van der Waals surface area contributed by atoms with E-state index in [9.17, 15) is 4.39 Å². The highest BCUT2D eigenvalue weighted by molar-refractivity contribution is 5.78. The van der Waals surface area contributed by atoms with Crippen molar-refractivity contribution in [3.63, 3.8) is 0 Å². The van der Waals surface area contributed by atoms with Crippen LogP contribution in [0.2, 0.25) is 0 Å². The van der Waals surface area contributed by atoms with Crippen LogP contribution in [0.25, 0.3) is 22.4 Å². The van der Waals surface area contributed by atoms with Crippen molar-refractivity contribution in [1.82, 2.24) is 19.7 Å². The Labute approximate surface area is 168 Å². The van der Waals surface area contributed by atoms with Gasteiger partial charge in [0.15, 0.2) is 0 Å². The minimum atomic E-state index is -0.245. The fourth-order valence-electron chi connectivity index (χ4n) is 4.06. The van der Waals surface area contributed by atoms with Crippen molar-refractivity contribution in [2.45, 2.75) is 38.9 Å². The highest BCUT2D eigenvalue weighted by Crippen LogP contribution is 2.23. The van der Waals surface area contributed by atoms with Crippen molar-refractivity contribution >= 4 is 10.9 Å². The molecular formula is C23H23FN4O. The van der Waals surface area contributed by atoms with Crippen molar-refractivity contribution in [3.05, 3.63) is 72.0 Å². The van der Waals surface area contributed by atoms with E-state index in [0.717, 1.165) is 40.8 Å². The molecule has 0 saturated carbocycles. The largest absolute Gasteiger partial charge is 0.444 e. The van der Waals surface area contributed by atoms with Crippen LogP contribution in [0.5, 0.6) is 0 Å². The molecule has 4 aromatic rings. The van der Waals surface area contributed by atoms with Crippen LogP contribution >= 0.6 is 0 Å². The van der Waals surface area contributed by atoms with E-state index < -0.39 is 0 Å². The molecule has 2 aromatic carbocycles. The fraction of sp³-hybridized carbons (Fsp3) is 0.304. The van der Waals surface area contributed by atoms with Gasteiger partial charge in [-0.15, -0.1) is 0 Å². The predicted octanol–water partition coefficient (Wildman–Crippen LogP) is 4.86. The van der Waals surface area contributed by atoms with Gasteiger partial charge in [-0.1, -0.05) is 12.1 Å². The Morgan fingerprint density at radius 2 is 2.00 bits per heavy atom. The number of nitrogens with zero attached hydrogens (tertiary/aromatic N) is 4. The molecule has 6 heteroatoms. The molecule has 0 amide bonds. The maximum atomic E-state index is 13.4. The van der Waals surface area contributed by atoms with Crippen molar-refractivity contribution in [2.24, 2.45) is 0 Å². The number of likely N-dealkylation sites (tertiary alicyclic amines) is 1. The summed E-state index contributed by atoms with van der Waals surface area (Å²) in [6.45, 7) is 4.87. The van der Waals surface area contributed by atoms with Crippen LogP contribution in [-0.2, 0) is 13.1 Å². The molecule has 0 spiro atoms. The van der Waals surface area contributed by atoms with E-state index in [-0.39, 0.29) is 5.82 Å². The first-order valence-electron chi connectivity index (χ1n) is 10.0. The number of hydrogen-bond acceptors (Lipinski definition) is 4. The molecule has 5 nitrogen and oxygen atoms in total. The summed E-state index contributed by atoms with van der Waals surface area (Å²) in [6.07, 6.45) is 5.98. The second-order valence-corrected chi connectivity index (χ2v) is 7.81. The first kappa shape index (κ1) is 18.1. The number of rotatable bonds is 5. The van der Waals surface area contributed by atoms with Crippen LogP contribution in [0.1, 0.15) is 31.0 Å². The first-order valence-corrected chi connectivity index (χ1v) is 10.0. The Bertz CT molecular complexity index is 1130. The average molecular weight is 390 g/mol.